The molecule has 1 aliphatic heterocycles. The summed E-state index contributed by atoms with van der Waals surface area (Å²) in [6.45, 7) is 1.64. The van der Waals surface area contributed by atoms with E-state index in [1.54, 1.807) is 6.92 Å². The molecule has 1 aromatic carbocycles. The number of hydrogen-bond acceptors (Lipinski definition) is 1. The molecule has 1 aliphatic rings. The average molecular weight is 167 g/mol. The molecule has 0 unspecified atom stereocenters. The molecule has 4 heteroatoms. The summed E-state index contributed by atoms with van der Waals surface area (Å²) in [5.74, 6) is -0.833. The Labute approximate surface area is 67.9 Å². The zero-order chi connectivity index (χ0) is 8.72. The van der Waals surface area contributed by atoms with E-state index in [4.69, 9.17) is 0 Å². The normalized spacial score (nSPS) is 13.8. The highest BCUT2D eigenvalue weighted by molar-refractivity contribution is 5.94. The summed E-state index contributed by atoms with van der Waals surface area (Å²) in [6, 6.07) is 1.97. The third-order valence-electron chi connectivity index (χ3n) is 1.56. The SMILES string of the molecule is CC1=Nc2cc(F)cc(F)c2[N]1. The van der Waals surface area contributed by atoms with Crippen molar-refractivity contribution < 1.29 is 8.78 Å². The second kappa shape index (κ2) is 2.27. The van der Waals surface area contributed by atoms with Gasteiger partial charge in [-0.05, 0) is 6.92 Å². The lowest BCUT2D eigenvalue weighted by molar-refractivity contribution is 0.584. The van der Waals surface area contributed by atoms with Crippen LogP contribution in [0.2, 0.25) is 0 Å². The topological polar surface area (TPSA) is 26.5 Å². The number of rotatable bonds is 0. The maximum absolute atomic E-state index is 12.9. The first-order chi connectivity index (χ1) is 5.66. The highest BCUT2D eigenvalue weighted by Crippen LogP contribution is 2.33. The van der Waals surface area contributed by atoms with Crippen LogP contribution in [0.15, 0.2) is 17.1 Å². The van der Waals surface area contributed by atoms with E-state index in [1.165, 1.54) is 6.07 Å². The molecule has 0 spiro atoms. The van der Waals surface area contributed by atoms with E-state index in [9.17, 15) is 8.78 Å². The predicted molar refractivity (Wildman–Crippen MR) is 40.9 cm³/mol. The lowest BCUT2D eigenvalue weighted by Crippen LogP contribution is -2.00. The Morgan fingerprint density at radius 3 is 2.75 bits per heavy atom. The van der Waals surface area contributed by atoms with Gasteiger partial charge in [-0.25, -0.2) is 19.1 Å². The number of benzene rings is 1. The van der Waals surface area contributed by atoms with Gasteiger partial charge >= 0.3 is 0 Å². The summed E-state index contributed by atoms with van der Waals surface area (Å²) in [7, 11) is 0. The van der Waals surface area contributed by atoms with E-state index in [0.717, 1.165) is 6.07 Å². The Bertz CT molecular complexity index is 372. The van der Waals surface area contributed by atoms with Crippen LogP contribution in [-0.2, 0) is 0 Å². The van der Waals surface area contributed by atoms with Crippen LogP contribution >= 0.6 is 0 Å². The van der Waals surface area contributed by atoms with Crippen LogP contribution in [0.4, 0.5) is 20.2 Å². The average Bonchev–Trinajstić information content (AvgIpc) is 2.29. The number of hydrogen-bond donors (Lipinski definition) is 0. The smallest absolute Gasteiger partial charge is 0.154 e. The molecule has 0 atom stereocenters. The van der Waals surface area contributed by atoms with Crippen molar-refractivity contribution in [3.63, 3.8) is 0 Å². The minimum atomic E-state index is -0.661. The minimum absolute atomic E-state index is 0.133. The molecule has 0 saturated carbocycles. The van der Waals surface area contributed by atoms with E-state index in [-0.39, 0.29) is 11.4 Å². The van der Waals surface area contributed by atoms with Crippen molar-refractivity contribution in [1.82, 2.24) is 5.32 Å². The van der Waals surface area contributed by atoms with Gasteiger partial charge < -0.3 is 0 Å². The second-order valence-electron chi connectivity index (χ2n) is 2.53. The maximum Gasteiger partial charge on any atom is 0.154 e. The largest absolute Gasteiger partial charge is 0.231 e. The molecular weight excluding hydrogens is 162 g/mol. The van der Waals surface area contributed by atoms with Crippen molar-refractivity contribution in [1.29, 1.82) is 0 Å². The van der Waals surface area contributed by atoms with Crippen molar-refractivity contribution in [2.75, 3.05) is 0 Å². The lowest BCUT2D eigenvalue weighted by Gasteiger charge is -1.97. The molecule has 0 saturated heterocycles. The van der Waals surface area contributed by atoms with Crippen LogP contribution in [0.25, 0.3) is 0 Å². The highest BCUT2D eigenvalue weighted by atomic mass is 19.1. The molecule has 0 N–H and O–H groups in total. The van der Waals surface area contributed by atoms with Gasteiger partial charge in [0.05, 0.1) is 5.69 Å². The van der Waals surface area contributed by atoms with Gasteiger partial charge in [0.15, 0.2) is 5.82 Å². The van der Waals surface area contributed by atoms with Gasteiger partial charge in [0.2, 0.25) is 0 Å². The second-order valence-corrected chi connectivity index (χ2v) is 2.53. The van der Waals surface area contributed by atoms with Crippen LogP contribution in [0.3, 0.4) is 0 Å². The standard InChI is InChI=1S/C8H5F2N2/c1-4-11-7-3-5(9)2-6(10)8(7)12-4/h2-3H,1H3. The third kappa shape index (κ3) is 0.958. The van der Waals surface area contributed by atoms with Gasteiger partial charge in [0.25, 0.3) is 0 Å². The van der Waals surface area contributed by atoms with Gasteiger partial charge in [-0.3, -0.25) is 0 Å². The molecule has 0 amide bonds. The summed E-state index contributed by atoms with van der Waals surface area (Å²) in [5, 5.41) is 3.80. The first-order valence-electron chi connectivity index (χ1n) is 3.43. The fourth-order valence-electron chi connectivity index (χ4n) is 1.11. The first kappa shape index (κ1) is 7.21. The van der Waals surface area contributed by atoms with Crippen molar-refractivity contribution in [3.05, 3.63) is 23.8 Å². The molecular formula is C8H5F2N2. The summed E-state index contributed by atoms with van der Waals surface area (Å²) in [6.07, 6.45) is 0. The zero-order valence-corrected chi connectivity index (χ0v) is 6.31. The molecule has 1 aromatic rings. The van der Waals surface area contributed by atoms with E-state index in [0.29, 0.717) is 5.84 Å². The van der Waals surface area contributed by atoms with Crippen LogP contribution in [0, 0.1) is 11.6 Å². The van der Waals surface area contributed by atoms with Crippen LogP contribution in [0.1, 0.15) is 6.92 Å². The Kier molecular flexibility index (Phi) is 1.36. The summed E-state index contributed by atoms with van der Waals surface area (Å²) < 4.78 is 25.5. The van der Waals surface area contributed by atoms with Crippen molar-refractivity contribution in [2.45, 2.75) is 6.92 Å². The first-order valence-corrected chi connectivity index (χ1v) is 3.43. The molecule has 1 heterocycles. The molecule has 61 valence electrons. The Morgan fingerprint density at radius 1 is 1.25 bits per heavy atom. The lowest BCUT2D eigenvalue weighted by atomic mass is 10.2. The third-order valence-corrected chi connectivity index (χ3v) is 1.56. The van der Waals surface area contributed by atoms with Gasteiger partial charge in [0, 0.05) is 12.1 Å². The number of nitrogens with zero attached hydrogens (tertiary/aromatic N) is 2. The maximum atomic E-state index is 12.9. The fraction of sp³-hybridized carbons (Fsp3) is 0.125. The molecule has 0 bridgehead atoms. The minimum Gasteiger partial charge on any atom is -0.231 e. The Balaban J connectivity index is 2.61. The van der Waals surface area contributed by atoms with Gasteiger partial charge in [-0.2, -0.15) is 0 Å². The number of amidine groups is 1. The monoisotopic (exact) mass is 167 g/mol. The molecule has 0 fully saturated rings. The number of aliphatic imine (C=N–C) groups is 1. The van der Waals surface area contributed by atoms with Crippen LogP contribution in [-0.4, -0.2) is 5.84 Å². The van der Waals surface area contributed by atoms with Gasteiger partial charge in [-0.1, -0.05) is 0 Å². The van der Waals surface area contributed by atoms with Crippen molar-refractivity contribution >= 4 is 17.2 Å². The summed E-state index contributed by atoms with van der Waals surface area (Å²) in [4.78, 5) is 3.84. The van der Waals surface area contributed by atoms with Crippen LogP contribution < -0.4 is 5.32 Å². The molecule has 12 heavy (non-hydrogen) atoms. The molecule has 1 radical (unpaired) electrons. The quantitative estimate of drug-likeness (QED) is 0.566. The fourth-order valence-corrected chi connectivity index (χ4v) is 1.11. The molecule has 0 aromatic heterocycles. The summed E-state index contributed by atoms with van der Waals surface area (Å²) >= 11 is 0. The predicted octanol–water partition coefficient (Wildman–Crippen LogP) is 2.26. The number of halogens is 2. The van der Waals surface area contributed by atoms with Crippen LogP contribution in [0.5, 0.6) is 0 Å². The van der Waals surface area contributed by atoms with E-state index >= 15 is 0 Å². The highest BCUT2D eigenvalue weighted by Gasteiger charge is 2.18. The molecule has 0 aliphatic carbocycles. The number of fused-ring (bicyclic) bond motifs is 1. The summed E-state index contributed by atoms with van der Waals surface area (Å²) in [5.41, 5.74) is 0.402. The van der Waals surface area contributed by atoms with Crippen molar-refractivity contribution in [2.24, 2.45) is 4.99 Å². The van der Waals surface area contributed by atoms with E-state index in [2.05, 4.69) is 10.3 Å². The van der Waals surface area contributed by atoms with Gasteiger partial charge in [-0.15, -0.1) is 0 Å². The Morgan fingerprint density at radius 2 is 2.00 bits per heavy atom. The Hall–Kier alpha value is -1.45. The zero-order valence-electron chi connectivity index (χ0n) is 6.31. The van der Waals surface area contributed by atoms with E-state index < -0.39 is 11.6 Å². The molecule has 2 nitrogen and oxygen atoms in total. The van der Waals surface area contributed by atoms with E-state index in [1.807, 2.05) is 0 Å². The van der Waals surface area contributed by atoms with Crippen molar-refractivity contribution in [3.8, 4) is 0 Å². The van der Waals surface area contributed by atoms with Gasteiger partial charge in [0.1, 0.15) is 17.3 Å². The molecule has 2 rings (SSSR count).